The first kappa shape index (κ1) is 18.0. The molecule has 0 aliphatic carbocycles. The van der Waals surface area contributed by atoms with Gasteiger partial charge in [-0.25, -0.2) is 8.42 Å². The van der Waals surface area contributed by atoms with Crippen LogP contribution in [-0.2, 0) is 10.0 Å². The third-order valence-corrected chi connectivity index (χ3v) is 5.99. The molecule has 0 radical (unpaired) electrons. The first-order valence-electron chi connectivity index (χ1n) is 7.60. The Kier molecular flexibility index (Phi) is 6.23. The summed E-state index contributed by atoms with van der Waals surface area (Å²) in [7, 11) is -3.50. The van der Waals surface area contributed by atoms with Crippen molar-refractivity contribution < 1.29 is 8.42 Å². The Morgan fingerprint density at radius 1 is 1.19 bits per heavy atom. The molecule has 0 heterocycles. The number of anilines is 1. The van der Waals surface area contributed by atoms with E-state index < -0.39 is 10.0 Å². The van der Waals surface area contributed by atoms with E-state index in [9.17, 15) is 8.42 Å². The maximum Gasteiger partial charge on any atom is 0.243 e. The lowest BCUT2D eigenvalue weighted by Gasteiger charge is -2.27. The van der Waals surface area contributed by atoms with E-state index in [2.05, 4.69) is 6.92 Å². The molecular weight excluding hydrogens is 284 g/mol. The molecule has 120 valence electrons. The molecule has 0 fully saturated rings. The van der Waals surface area contributed by atoms with E-state index in [1.807, 2.05) is 33.8 Å². The highest BCUT2D eigenvalue weighted by molar-refractivity contribution is 7.89. The van der Waals surface area contributed by atoms with E-state index in [1.165, 1.54) is 0 Å². The van der Waals surface area contributed by atoms with Gasteiger partial charge in [0.05, 0.1) is 4.90 Å². The third-order valence-electron chi connectivity index (χ3n) is 3.79. The molecule has 0 aliphatic rings. The zero-order chi connectivity index (χ0) is 16.2. The van der Waals surface area contributed by atoms with Crippen molar-refractivity contribution in [2.45, 2.75) is 64.8 Å². The second-order valence-electron chi connectivity index (χ2n) is 5.88. The smallest absolute Gasteiger partial charge is 0.243 e. The van der Waals surface area contributed by atoms with E-state index >= 15 is 0 Å². The Balaban J connectivity index is 3.23. The highest BCUT2D eigenvalue weighted by Gasteiger charge is 2.28. The summed E-state index contributed by atoms with van der Waals surface area (Å²) >= 11 is 0. The summed E-state index contributed by atoms with van der Waals surface area (Å²) in [6, 6.07) is 3.32. The van der Waals surface area contributed by atoms with Crippen LogP contribution in [0.2, 0.25) is 0 Å². The van der Waals surface area contributed by atoms with Crippen LogP contribution in [-0.4, -0.2) is 25.3 Å². The Hall–Kier alpha value is -1.07. The molecule has 0 saturated carbocycles. The standard InChI is InChI=1S/C16H28N2O2S/c1-6-7-8-9-18(12(2)3)21(19,20)16-11-15(17)10-13(4)14(16)5/h10-12H,6-9,17H2,1-5H3. The van der Waals surface area contributed by atoms with Gasteiger partial charge >= 0.3 is 0 Å². The lowest BCUT2D eigenvalue weighted by molar-refractivity contribution is 0.345. The summed E-state index contributed by atoms with van der Waals surface area (Å²) in [6.07, 6.45) is 2.99. The van der Waals surface area contributed by atoms with Crippen LogP contribution in [0.1, 0.15) is 51.2 Å². The lowest BCUT2D eigenvalue weighted by atomic mass is 10.1. The maximum absolute atomic E-state index is 13.0. The molecule has 0 amide bonds. The number of benzene rings is 1. The fourth-order valence-electron chi connectivity index (χ4n) is 2.42. The maximum atomic E-state index is 13.0. The second kappa shape index (κ2) is 7.27. The number of nitrogens with two attached hydrogens (primary N) is 1. The molecule has 2 N–H and O–H groups in total. The molecule has 0 aliphatic heterocycles. The van der Waals surface area contributed by atoms with Crippen LogP contribution in [0, 0.1) is 13.8 Å². The molecule has 0 saturated heterocycles. The Labute approximate surface area is 129 Å². The zero-order valence-electron chi connectivity index (χ0n) is 13.8. The van der Waals surface area contributed by atoms with Gasteiger partial charge in [-0.1, -0.05) is 19.8 Å². The van der Waals surface area contributed by atoms with Crippen molar-refractivity contribution in [3.8, 4) is 0 Å². The lowest BCUT2D eigenvalue weighted by Crippen LogP contribution is -2.38. The average Bonchev–Trinajstić information content (AvgIpc) is 2.38. The van der Waals surface area contributed by atoms with Crippen LogP contribution in [0.15, 0.2) is 17.0 Å². The van der Waals surface area contributed by atoms with E-state index in [0.29, 0.717) is 17.1 Å². The number of unbranched alkanes of at least 4 members (excludes halogenated alkanes) is 2. The normalized spacial score (nSPS) is 12.3. The van der Waals surface area contributed by atoms with Crippen molar-refractivity contribution in [2.75, 3.05) is 12.3 Å². The van der Waals surface area contributed by atoms with Crippen LogP contribution in [0.4, 0.5) is 5.69 Å². The van der Waals surface area contributed by atoms with Crippen molar-refractivity contribution in [2.24, 2.45) is 0 Å². The Morgan fingerprint density at radius 3 is 2.33 bits per heavy atom. The highest BCUT2D eigenvalue weighted by Crippen LogP contribution is 2.26. The van der Waals surface area contributed by atoms with Crippen LogP contribution in [0.25, 0.3) is 0 Å². The molecule has 0 aromatic heterocycles. The van der Waals surface area contributed by atoms with E-state index in [0.717, 1.165) is 30.4 Å². The number of sulfonamides is 1. The predicted molar refractivity (Wildman–Crippen MR) is 88.9 cm³/mol. The first-order valence-corrected chi connectivity index (χ1v) is 9.04. The fraction of sp³-hybridized carbons (Fsp3) is 0.625. The number of nitrogen functional groups attached to an aromatic ring is 1. The molecule has 0 bridgehead atoms. The minimum atomic E-state index is -3.50. The van der Waals surface area contributed by atoms with Gasteiger partial charge in [-0.2, -0.15) is 4.31 Å². The number of nitrogens with zero attached hydrogens (tertiary/aromatic N) is 1. The molecule has 1 rings (SSSR count). The number of aryl methyl sites for hydroxylation is 1. The van der Waals surface area contributed by atoms with Crippen LogP contribution >= 0.6 is 0 Å². The number of hydrogen-bond donors (Lipinski definition) is 1. The van der Waals surface area contributed by atoms with Gasteiger partial charge in [-0.15, -0.1) is 0 Å². The van der Waals surface area contributed by atoms with Crippen molar-refractivity contribution in [1.82, 2.24) is 4.31 Å². The molecule has 1 aromatic rings. The molecule has 4 nitrogen and oxygen atoms in total. The zero-order valence-corrected chi connectivity index (χ0v) is 14.6. The molecule has 21 heavy (non-hydrogen) atoms. The van der Waals surface area contributed by atoms with E-state index in [1.54, 1.807) is 10.4 Å². The van der Waals surface area contributed by atoms with Gasteiger partial charge in [0, 0.05) is 18.3 Å². The van der Waals surface area contributed by atoms with Gasteiger partial charge < -0.3 is 5.73 Å². The van der Waals surface area contributed by atoms with Gasteiger partial charge in [0.25, 0.3) is 0 Å². The first-order chi connectivity index (χ1) is 9.71. The Morgan fingerprint density at radius 2 is 1.81 bits per heavy atom. The largest absolute Gasteiger partial charge is 0.399 e. The van der Waals surface area contributed by atoms with Crippen molar-refractivity contribution in [1.29, 1.82) is 0 Å². The monoisotopic (exact) mass is 312 g/mol. The molecule has 0 spiro atoms. The van der Waals surface area contributed by atoms with Crippen molar-refractivity contribution >= 4 is 15.7 Å². The summed E-state index contributed by atoms with van der Waals surface area (Å²) < 4.78 is 27.5. The van der Waals surface area contributed by atoms with Crippen LogP contribution in [0.5, 0.6) is 0 Å². The SMILES string of the molecule is CCCCCN(C(C)C)S(=O)(=O)c1cc(N)cc(C)c1C. The van der Waals surface area contributed by atoms with Gasteiger partial charge in [0.1, 0.15) is 0 Å². The summed E-state index contributed by atoms with van der Waals surface area (Å²) in [6.45, 7) is 10.2. The number of rotatable bonds is 7. The summed E-state index contributed by atoms with van der Waals surface area (Å²) in [4.78, 5) is 0.338. The molecule has 1 aromatic carbocycles. The Bertz CT molecular complexity index is 580. The number of hydrogen-bond acceptors (Lipinski definition) is 3. The van der Waals surface area contributed by atoms with Crippen molar-refractivity contribution in [3.05, 3.63) is 23.3 Å². The molecule has 0 unspecified atom stereocenters. The fourth-order valence-corrected chi connectivity index (χ4v) is 4.43. The predicted octanol–water partition coefficient (Wildman–Crippen LogP) is 3.47. The topological polar surface area (TPSA) is 63.4 Å². The summed E-state index contributed by atoms with van der Waals surface area (Å²) in [5, 5.41) is 0. The quantitative estimate of drug-likeness (QED) is 0.619. The second-order valence-corrected chi connectivity index (χ2v) is 7.74. The van der Waals surface area contributed by atoms with Crippen LogP contribution < -0.4 is 5.73 Å². The third kappa shape index (κ3) is 4.20. The minimum absolute atomic E-state index is 0.0620. The summed E-state index contributed by atoms with van der Waals surface area (Å²) in [5.74, 6) is 0. The van der Waals surface area contributed by atoms with Gasteiger partial charge in [-0.3, -0.25) is 0 Å². The van der Waals surface area contributed by atoms with Crippen molar-refractivity contribution in [3.63, 3.8) is 0 Å². The average molecular weight is 312 g/mol. The van der Waals surface area contributed by atoms with E-state index in [-0.39, 0.29) is 6.04 Å². The minimum Gasteiger partial charge on any atom is -0.399 e. The highest BCUT2D eigenvalue weighted by atomic mass is 32.2. The van der Waals surface area contributed by atoms with Gasteiger partial charge in [-0.05, 0) is 57.4 Å². The molecule has 5 heteroatoms. The van der Waals surface area contributed by atoms with E-state index in [4.69, 9.17) is 5.73 Å². The van der Waals surface area contributed by atoms with Crippen LogP contribution in [0.3, 0.4) is 0 Å². The van der Waals surface area contributed by atoms with Gasteiger partial charge in [0.15, 0.2) is 0 Å². The molecule has 0 atom stereocenters. The molecular formula is C16H28N2O2S. The van der Waals surface area contributed by atoms with Gasteiger partial charge in [0.2, 0.25) is 10.0 Å². The summed E-state index contributed by atoms with van der Waals surface area (Å²) in [5.41, 5.74) is 8.03.